The van der Waals surface area contributed by atoms with Gasteiger partial charge in [0, 0.05) is 0 Å². The van der Waals surface area contributed by atoms with E-state index in [9.17, 15) is 0 Å². The van der Waals surface area contributed by atoms with E-state index in [-0.39, 0.29) is 0 Å². The SMILES string of the molecule is CC.CCCC.CCCC[NH+](CCCC)CCCC. The molecule has 1 N–H and O–H groups in total. The van der Waals surface area contributed by atoms with Gasteiger partial charge in [0.1, 0.15) is 0 Å². The van der Waals surface area contributed by atoms with Crippen molar-refractivity contribution < 1.29 is 4.90 Å². The van der Waals surface area contributed by atoms with Crippen LogP contribution >= 0.6 is 0 Å². The molecule has 0 aliphatic carbocycles. The van der Waals surface area contributed by atoms with Gasteiger partial charge in [0.25, 0.3) is 0 Å². The smallest absolute Gasteiger partial charge is 0.0770 e. The Morgan fingerprint density at radius 1 is 0.474 bits per heavy atom. The largest absolute Gasteiger partial charge is 0.335 e. The Kier molecular flexibility index (Phi) is 33.5. The minimum atomic E-state index is 1.32. The molecule has 0 atom stereocenters. The second-order valence-corrected chi connectivity index (χ2v) is 5.06. The maximum absolute atomic E-state index is 2.29. The Balaban J connectivity index is -0.000000361. The van der Waals surface area contributed by atoms with Gasteiger partial charge in [-0.05, 0) is 19.3 Å². The Morgan fingerprint density at radius 3 is 0.895 bits per heavy atom. The first-order chi connectivity index (χ1) is 9.26. The molecule has 0 aromatic rings. The molecule has 1 heteroatoms. The van der Waals surface area contributed by atoms with Gasteiger partial charge in [0.15, 0.2) is 0 Å². The first kappa shape index (κ1) is 24.0. The minimum absolute atomic E-state index is 1.32. The monoisotopic (exact) mass is 274 g/mol. The lowest BCUT2D eigenvalue weighted by Gasteiger charge is -2.18. The van der Waals surface area contributed by atoms with E-state index >= 15 is 0 Å². The predicted octanol–water partition coefficient (Wildman–Crippen LogP) is 5.10. The van der Waals surface area contributed by atoms with Crippen LogP contribution in [0.3, 0.4) is 0 Å². The highest BCUT2D eigenvalue weighted by Crippen LogP contribution is 1.85. The van der Waals surface area contributed by atoms with E-state index in [1.165, 1.54) is 71.0 Å². The molecule has 19 heavy (non-hydrogen) atoms. The molecule has 0 saturated carbocycles. The molecule has 1 nitrogen and oxygen atoms in total. The summed E-state index contributed by atoms with van der Waals surface area (Å²) in [5.74, 6) is 0. The molecule has 0 unspecified atom stereocenters. The fourth-order valence-electron chi connectivity index (χ4n) is 1.66. The van der Waals surface area contributed by atoms with Crippen molar-refractivity contribution in [1.82, 2.24) is 0 Å². The molecule has 0 heterocycles. The van der Waals surface area contributed by atoms with Crippen LogP contribution in [-0.4, -0.2) is 19.6 Å². The highest BCUT2D eigenvalue weighted by Gasteiger charge is 2.05. The van der Waals surface area contributed by atoms with Gasteiger partial charge >= 0.3 is 0 Å². The average molecular weight is 275 g/mol. The van der Waals surface area contributed by atoms with Crippen LogP contribution in [0.2, 0.25) is 0 Å². The number of unbranched alkanes of at least 4 members (excludes halogenated alkanes) is 4. The summed E-state index contributed by atoms with van der Waals surface area (Å²) in [7, 11) is 0. The molecule has 0 amide bonds. The first-order valence-corrected chi connectivity index (χ1v) is 9.10. The van der Waals surface area contributed by atoms with Gasteiger partial charge in [-0.1, -0.05) is 80.6 Å². The molecule has 0 aromatic carbocycles. The summed E-state index contributed by atoms with van der Waals surface area (Å²) >= 11 is 0. The molecule has 0 aromatic heterocycles. The third-order valence-corrected chi connectivity index (χ3v) is 3.15. The third kappa shape index (κ3) is 27.2. The zero-order chi connectivity index (χ0) is 15.4. The summed E-state index contributed by atoms with van der Waals surface area (Å²) in [5.41, 5.74) is 0. The van der Waals surface area contributed by atoms with Crippen molar-refractivity contribution in [2.75, 3.05) is 19.6 Å². The number of quaternary nitrogens is 1. The van der Waals surface area contributed by atoms with Crippen LogP contribution in [0.4, 0.5) is 0 Å². The average Bonchev–Trinajstić information content (AvgIpc) is 2.48. The fraction of sp³-hybridized carbons (Fsp3) is 1.00. The quantitative estimate of drug-likeness (QED) is 0.565. The Morgan fingerprint density at radius 2 is 0.737 bits per heavy atom. The fourth-order valence-corrected chi connectivity index (χ4v) is 1.66. The van der Waals surface area contributed by atoms with Gasteiger partial charge in [-0.2, -0.15) is 0 Å². The molecule has 0 radical (unpaired) electrons. The number of hydrogen-bond acceptors (Lipinski definition) is 0. The molecule has 0 saturated heterocycles. The van der Waals surface area contributed by atoms with Crippen molar-refractivity contribution in [2.45, 2.75) is 99.8 Å². The highest BCUT2D eigenvalue weighted by atomic mass is 15.1. The van der Waals surface area contributed by atoms with Gasteiger partial charge in [-0.15, -0.1) is 0 Å². The van der Waals surface area contributed by atoms with Crippen molar-refractivity contribution in [2.24, 2.45) is 0 Å². The van der Waals surface area contributed by atoms with Crippen LogP contribution in [-0.2, 0) is 0 Å². The topological polar surface area (TPSA) is 4.44 Å². The number of hydrogen-bond donors (Lipinski definition) is 1. The van der Waals surface area contributed by atoms with Crippen molar-refractivity contribution in [3.8, 4) is 0 Å². The van der Waals surface area contributed by atoms with Gasteiger partial charge < -0.3 is 4.90 Å². The lowest BCUT2D eigenvalue weighted by atomic mass is 10.2. The van der Waals surface area contributed by atoms with E-state index in [1.807, 2.05) is 18.7 Å². The van der Waals surface area contributed by atoms with Gasteiger partial charge in [0.05, 0.1) is 19.6 Å². The number of nitrogens with one attached hydrogen (secondary N) is 1. The molecule has 0 spiro atoms. The second kappa shape index (κ2) is 26.5. The highest BCUT2D eigenvalue weighted by molar-refractivity contribution is 4.37. The normalized spacial score (nSPS) is 9.47. The van der Waals surface area contributed by atoms with E-state index in [4.69, 9.17) is 0 Å². The Bertz CT molecular complexity index is 91.2. The predicted molar refractivity (Wildman–Crippen MR) is 92.2 cm³/mol. The maximum Gasteiger partial charge on any atom is 0.0770 e. The van der Waals surface area contributed by atoms with Crippen LogP contribution < -0.4 is 4.90 Å². The lowest BCUT2D eigenvalue weighted by Crippen LogP contribution is -3.12. The van der Waals surface area contributed by atoms with Gasteiger partial charge in [-0.3, -0.25) is 0 Å². The molecule has 0 aliphatic heterocycles. The molecular formula is C18H44N+. The van der Waals surface area contributed by atoms with Gasteiger partial charge in [-0.25, -0.2) is 0 Å². The zero-order valence-electron chi connectivity index (χ0n) is 15.3. The minimum Gasteiger partial charge on any atom is -0.335 e. The van der Waals surface area contributed by atoms with E-state index < -0.39 is 0 Å². The zero-order valence-corrected chi connectivity index (χ0v) is 15.3. The first-order valence-electron chi connectivity index (χ1n) is 9.10. The molecule has 0 rings (SSSR count). The van der Waals surface area contributed by atoms with Crippen LogP contribution in [0.25, 0.3) is 0 Å². The van der Waals surface area contributed by atoms with Crippen molar-refractivity contribution >= 4 is 0 Å². The Hall–Kier alpha value is -0.0400. The Labute approximate surface area is 125 Å². The molecule has 0 fully saturated rings. The van der Waals surface area contributed by atoms with Crippen LogP contribution in [0.15, 0.2) is 0 Å². The number of rotatable bonds is 10. The summed E-state index contributed by atoms with van der Waals surface area (Å²) in [6.07, 6.45) is 10.9. The summed E-state index contributed by atoms with van der Waals surface area (Å²) in [6, 6.07) is 0. The van der Waals surface area contributed by atoms with Crippen molar-refractivity contribution in [1.29, 1.82) is 0 Å². The van der Waals surface area contributed by atoms with Crippen LogP contribution in [0, 0.1) is 0 Å². The van der Waals surface area contributed by atoms with Crippen molar-refractivity contribution in [3.05, 3.63) is 0 Å². The molecule has 0 bridgehead atoms. The van der Waals surface area contributed by atoms with E-state index in [0.717, 1.165) is 0 Å². The van der Waals surface area contributed by atoms with Crippen LogP contribution in [0.1, 0.15) is 99.8 Å². The summed E-state index contributed by atoms with van der Waals surface area (Å²) in [5, 5.41) is 0. The van der Waals surface area contributed by atoms with Gasteiger partial charge in [0.2, 0.25) is 0 Å². The van der Waals surface area contributed by atoms with E-state index in [2.05, 4.69) is 34.6 Å². The van der Waals surface area contributed by atoms with E-state index in [1.54, 1.807) is 0 Å². The molecule has 120 valence electrons. The lowest BCUT2D eigenvalue weighted by molar-refractivity contribution is -0.900. The van der Waals surface area contributed by atoms with Crippen LogP contribution in [0.5, 0.6) is 0 Å². The van der Waals surface area contributed by atoms with Crippen molar-refractivity contribution in [3.63, 3.8) is 0 Å². The molecular weight excluding hydrogens is 230 g/mol. The second-order valence-electron chi connectivity index (χ2n) is 5.06. The molecule has 0 aliphatic rings. The maximum atomic E-state index is 2.29. The summed E-state index contributed by atoms with van der Waals surface area (Å²) in [4.78, 5) is 1.84. The summed E-state index contributed by atoms with van der Waals surface area (Å²) in [6.45, 7) is 19.4. The summed E-state index contributed by atoms with van der Waals surface area (Å²) < 4.78 is 0. The third-order valence-electron chi connectivity index (χ3n) is 3.15. The standard InChI is InChI=1S/C12H27N.C4H10.C2H6/c1-4-7-10-13(11-8-5-2)12-9-6-3;1-3-4-2;1-2/h4-12H2,1-3H3;3-4H2,1-2H3;1-2H3/p+1. The van der Waals surface area contributed by atoms with E-state index in [0.29, 0.717) is 0 Å².